The van der Waals surface area contributed by atoms with Crippen LogP contribution in [0.2, 0.25) is 0 Å². The zero-order valence-corrected chi connectivity index (χ0v) is 18.7. The summed E-state index contributed by atoms with van der Waals surface area (Å²) < 4.78 is 18.4. The van der Waals surface area contributed by atoms with Crippen molar-refractivity contribution >= 4 is 11.8 Å². The lowest BCUT2D eigenvalue weighted by molar-refractivity contribution is -0.138. The molecule has 0 bridgehead atoms. The van der Waals surface area contributed by atoms with E-state index in [9.17, 15) is 14.0 Å². The van der Waals surface area contributed by atoms with Gasteiger partial charge < -0.3 is 14.3 Å². The molecule has 2 amide bonds. The molecule has 6 nitrogen and oxygen atoms in total. The zero-order valence-electron chi connectivity index (χ0n) is 18.7. The summed E-state index contributed by atoms with van der Waals surface area (Å²) in [6.45, 7) is 6.07. The molecular weight excluding hydrogens is 409 g/mol. The summed E-state index contributed by atoms with van der Waals surface area (Å²) >= 11 is 0. The van der Waals surface area contributed by atoms with Gasteiger partial charge in [0.2, 0.25) is 11.8 Å². The number of rotatable bonds is 5. The zero-order chi connectivity index (χ0) is 22.7. The fourth-order valence-corrected chi connectivity index (χ4v) is 4.79. The summed E-state index contributed by atoms with van der Waals surface area (Å²) in [5.74, 6) is 0.841. The molecule has 0 radical (unpaired) electrons. The van der Waals surface area contributed by atoms with Gasteiger partial charge in [-0.25, -0.2) is 4.39 Å². The number of piperidine rings is 1. The maximum Gasteiger partial charge on any atom is 0.227 e. The number of hydrogen-bond donors (Lipinski definition) is 0. The number of amides is 2. The van der Waals surface area contributed by atoms with Crippen LogP contribution in [0.1, 0.15) is 41.8 Å². The van der Waals surface area contributed by atoms with Crippen LogP contribution in [-0.4, -0.2) is 46.4 Å². The minimum atomic E-state index is -0.274. The van der Waals surface area contributed by atoms with Crippen molar-refractivity contribution in [3.63, 3.8) is 0 Å². The Hall–Kier alpha value is -2.96. The topological polar surface area (TPSA) is 66.7 Å². The molecule has 1 aromatic heterocycles. The summed E-state index contributed by atoms with van der Waals surface area (Å²) in [6.07, 6.45) is 6.83. The first-order valence-electron chi connectivity index (χ1n) is 11.3. The Balaban J connectivity index is 1.35. The standard InChI is InChI=1S/C25H30FN3O3/c1-17-23(18(2)32-27-17)15-24(30)28-13-10-20(11-14-28)22-5-3-4-12-29(25(22)31)16-19-6-8-21(26)9-7-19/h3-4,6-9,20,22H,5,10-16H2,1-2H3/t22-/m1/s1. The highest BCUT2D eigenvalue weighted by molar-refractivity contribution is 5.81. The molecule has 1 atom stereocenters. The van der Waals surface area contributed by atoms with E-state index in [-0.39, 0.29) is 29.5 Å². The molecule has 1 aromatic carbocycles. The number of aryl methyl sites for hydroxylation is 2. The molecule has 0 saturated carbocycles. The number of carbonyl (C=O) groups is 2. The molecule has 32 heavy (non-hydrogen) atoms. The number of nitrogens with zero attached hydrogens (tertiary/aromatic N) is 3. The van der Waals surface area contributed by atoms with Gasteiger partial charge >= 0.3 is 0 Å². The van der Waals surface area contributed by atoms with Gasteiger partial charge in [0.15, 0.2) is 0 Å². The number of benzene rings is 1. The average Bonchev–Trinajstić information content (AvgIpc) is 3.00. The highest BCUT2D eigenvalue weighted by atomic mass is 19.1. The molecule has 3 heterocycles. The van der Waals surface area contributed by atoms with Crippen LogP contribution in [0.5, 0.6) is 0 Å². The van der Waals surface area contributed by atoms with Crippen molar-refractivity contribution in [2.24, 2.45) is 11.8 Å². The summed E-state index contributed by atoms with van der Waals surface area (Å²) in [4.78, 5) is 29.9. The second-order valence-corrected chi connectivity index (χ2v) is 8.86. The van der Waals surface area contributed by atoms with E-state index >= 15 is 0 Å². The fraction of sp³-hybridized carbons (Fsp3) is 0.480. The second kappa shape index (κ2) is 9.67. The third-order valence-electron chi connectivity index (χ3n) is 6.77. The van der Waals surface area contributed by atoms with Crippen molar-refractivity contribution in [1.82, 2.24) is 15.0 Å². The maximum atomic E-state index is 13.3. The van der Waals surface area contributed by atoms with Crippen LogP contribution in [0, 0.1) is 31.5 Å². The third kappa shape index (κ3) is 4.92. The van der Waals surface area contributed by atoms with Crippen molar-refractivity contribution in [3.8, 4) is 0 Å². The maximum absolute atomic E-state index is 13.3. The third-order valence-corrected chi connectivity index (χ3v) is 6.77. The van der Waals surface area contributed by atoms with Crippen LogP contribution in [0.4, 0.5) is 4.39 Å². The Morgan fingerprint density at radius 2 is 1.88 bits per heavy atom. The first-order chi connectivity index (χ1) is 15.4. The van der Waals surface area contributed by atoms with E-state index in [1.54, 1.807) is 12.1 Å². The molecule has 2 aromatic rings. The molecule has 4 rings (SSSR count). The van der Waals surface area contributed by atoms with E-state index in [2.05, 4.69) is 11.2 Å². The Morgan fingerprint density at radius 1 is 1.16 bits per heavy atom. The van der Waals surface area contributed by atoms with E-state index in [1.165, 1.54) is 12.1 Å². The Labute approximate surface area is 188 Å². The highest BCUT2D eigenvalue weighted by Crippen LogP contribution is 2.31. The van der Waals surface area contributed by atoms with Crippen molar-refractivity contribution < 1.29 is 18.5 Å². The molecule has 0 unspecified atom stereocenters. The molecular formula is C25H30FN3O3. The van der Waals surface area contributed by atoms with Gasteiger partial charge in [0.05, 0.1) is 12.1 Å². The lowest BCUT2D eigenvalue weighted by Crippen LogP contribution is -2.44. The van der Waals surface area contributed by atoms with Gasteiger partial charge in [-0.2, -0.15) is 0 Å². The number of allylic oxidation sites excluding steroid dienone is 1. The monoisotopic (exact) mass is 439 g/mol. The van der Waals surface area contributed by atoms with Crippen molar-refractivity contribution in [2.45, 2.75) is 46.1 Å². The number of carbonyl (C=O) groups excluding carboxylic acids is 2. The van der Waals surface area contributed by atoms with Crippen LogP contribution in [-0.2, 0) is 22.6 Å². The Morgan fingerprint density at radius 3 is 2.53 bits per heavy atom. The molecule has 1 saturated heterocycles. The van der Waals surface area contributed by atoms with Gasteiger partial charge in [0, 0.05) is 37.7 Å². The van der Waals surface area contributed by atoms with Crippen molar-refractivity contribution in [3.05, 3.63) is 64.8 Å². The van der Waals surface area contributed by atoms with E-state index in [1.807, 2.05) is 29.7 Å². The van der Waals surface area contributed by atoms with E-state index in [0.717, 1.165) is 36.1 Å². The molecule has 2 aliphatic heterocycles. The molecule has 0 spiro atoms. The Bertz CT molecular complexity index is 971. The lowest BCUT2D eigenvalue weighted by atomic mass is 9.81. The molecule has 2 aliphatic rings. The normalized spacial score (nSPS) is 20.0. The second-order valence-electron chi connectivity index (χ2n) is 8.86. The SMILES string of the molecule is Cc1noc(C)c1CC(=O)N1CCC([C@H]2CC=CCN(Cc3ccc(F)cc3)C2=O)CC1. The van der Waals surface area contributed by atoms with E-state index in [4.69, 9.17) is 4.52 Å². The van der Waals surface area contributed by atoms with Crippen molar-refractivity contribution in [1.29, 1.82) is 0 Å². The molecule has 170 valence electrons. The highest BCUT2D eigenvalue weighted by Gasteiger charge is 2.35. The Kier molecular flexibility index (Phi) is 6.72. The molecule has 0 N–H and O–H groups in total. The number of hydrogen-bond acceptors (Lipinski definition) is 4. The van der Waals surface area contributed by atoms with Crippen LogP contribution in [0.25, 0.3) is 0 Å². The minimum absolute atomic E-state index is 0.0750. The van der Waals surface area contributed by atoms with Gasteiger partial charge in [-0.05, 0) is 56.7 Å². The summed E-state index contributed by atoms with van der Waals surface area (Å²) in [7, 11) is 0. The van der Waals surface area contributed by atoms with Crippen LogP contribution in [0.3, 0.4) is 0 Å². The first-order valence-corrected chi connectivity index (χ1v) is 11.3. The molecule has 7 heteroatoms. The number of likely N-dealkylation sites (tertiary alicyclic amines) is 1. The van der Waals surface area contributed by atoms with Gasteiger partial charge in [-0.3, -0.25) is 9.59 Å². The van der Waals surface area contributed by atoms with Gasteiger partial charge in [0.25, 0.3) is 0 Å². The van der Waals surface area contributed by atoms with Crippen LogP contribution in [0.15, 0.2) is 40.9 Å². The quantitative estimate of drug-likeness (QED) is 0.665. The largest absolute Gasteiger partial charge is 0.361 e. The van der Waals surface area contributed by atoms with Gasteiger partial charge in [0.1, 0.15) is 11.6 Å². The summed E-state index contributed by atoms with van der Waals surface area (Å²) in [5, 5.41) is 3.93. The average molecular weight is 440 g/mol. The van der Waals surface area contributed by atoms with E-state index < -0.39 is 0 Å². The van der Waals surface area contributed by atoms with E-state index in [0.29, 0.717) is 38.4 Å². The van der Waals surface area contributed by atoms with Gasteiger partial charge in [-0.1, -0.05) is 29.4 Å². The van der Waals surface area contributed by atoms with Gasteiger partial charge in [-0.15, -0.1) is 0 Å². The summed E-state index contributed by atoms with van der Waals surface area (Å²) in [5.41, 5.74) is 2.56. The van der Waals surface area contributed by atoms with Crippen LogP contribution >= 0.6 is 0 Å². The number of halogens is 1. The fourth-order valence-electron chi connectivity index (χ4n) is 4.79. The van der Waals surface area contributed by atoms with Crippen LogP contribution < -0.4 is 0 Å². The number of aromatic nitrogens is 1. The first kappa shape index (κ1) is 22.2. The predicted molar refractivity (Wildman–Crippen MR) is 118 cm³/mol. The lowest BCUT2D eigenvalue weighted by Gasteiger charge is -2.36. The summed E-state index contributed by atoms with van der Waals surface area (Å²) in [6, 6.07) is 6.32. The predicted octanol–water partition coefficient (Wildman–Crippen LogP) is 3.82. The van der Waals surface area contributed by atoms with Crippen molar-refractivity contribution in [2.75, 3.05) is 19.6 Å². The molecule has 0 aliphatic carbocycles. The smallest absolute Gasteiger partial charge is 0.227 e. The minimum Gasteiger partial charge on any atom is -0.361 e. The molecule has 1 fully saturated rings.